The van der Waals surface area contributed by atoms with E-state index in [1.807, 2.05) is 25.1 Å². The molecule has 8 nitrogen and oxygen atoms in total. The number of ether oxygens (including phenoxy) is 2. The summed E-state index contributed by atoms with van der Waals surface area (Å²) in [5, 5.41) is 11.1. The molecule has 1 aliphatic rings. The van der Waals surface area contributed by atoms with Gasteiger partial charge in [-0.1, -0.05) is 35.9 Å². The highest BCUT2D eigenvalue weighted by Gasteiger charge is 2.17. The number of benzene rings is 2. The fraction of sp³-hybridized carbons (Fsp3) is 0.310. The highest BCUT2D eigenvalue weighted by molar-refractivity contribution is 6.33. The molecule has 2 N–H and O–H groups in total. The fourth-order valence-electron chi connectivity index (χ4n) is 4.55. The Balaban J connectivity index is 1.26. The van der Waals surface area contributed by atoms with Gasteiger partial charge in [-0.25, -0.2) is 9.37 Å². The molecule has 1 saturated heterocycles. The van der Waals surface area contributed by atoms with Gasteiger partial charge in [0.2, 0.25) is 5.82 Å². The van der Waals surface area contributed by atoms with Crippen LogP contribution in [0.15, 0.2) is 54.7 Å². The first kappa shape index (κ1) is 26.8. The molecule has 5 rings (SSSR count). The van der Waals surface area contributed by atoms with Gasteiger partial charge >= 0.3 is 0 Å². The first-order valence-electron chi connectivity index (χ1n) is 12.9. The SMILES string of the molecule is Cc1ccc(OCCC2CCOCC2)cc1-c1cc(NC(=O)c2nnc(Cc3ccccc3F)[nH]2)ncc1Cl. The Kier molecular flexibility index (Phi) is 8.48. The normalized spacial score (nSPS) is 13.8. The van der Waals surface area contributed by atoms with Gasteiger partial charge in [0.05, 0.1) is 11.6 Å². The number of hydrogen-bond acceptors (Lipinski definition) is 6. The van der Waals surface area contributed by atoms with Crippen molar-refractivity contribution >= 4 is 23.3 Å². The molecular formula is C29H29ClFN5O3. The van der Waals surface area contributed by atoms with Crippen molar-refractivity contribution in [3.63, 3.8) is 0 Å². The molecule has 2 aromatic carbocycles. The lowest BCUT2D eigenvalue weighted by atomic mass is 9.97. The Morgan fingerprint density at radius 3 is 2.79 bits per heavy atom. The van der Waals surface area contributed by atoms with Crippen LogP contribution in [0.2, 0.25) is 5.02 Å². The highest BCUT2D eigenvalue weighted by atomic mass is 35.5. The van der Waals surface area contributed by atoms with E-state index in [2.05, 4.69) is 25.5 Å². The summed E-state index contributed by atoms with van der Waals surface area (Å²) in [6.45, 7) is 4.27. The van der Waals surface area contributed by atoms with Crippen LogP contribution in [0, 0.1) is 18.7 Å². The van der Waals surface area contributed by atoms with Crippen LogP contribution >= 0.6 is 11.6 Å². The van der Waals surface area contributed by atoms with Crippen molar-refractivity contribution < 1.29 is 18.7 Å². The summed E-state index contributed by atoms with van der Waals surface area (Å²) in [6.07, 6.45) is 4.81. The van der Waals surface area contributed by atoms with Crippen LogP contribution in [0.3, 0.4) is 0 Å². The topological polar surface area (TPSA) is 102 Å². The van der Waals surface area contributed by atoms with E-state index in [0.717, 1.165) is 49.4 Å². The minimum Gasteiger partial charge on any atom is -0.494 e. The predicted octanol–water partition coefficient (Wildman–Crippen LogP) is 6.01. The number of nitrogens with zero attached hydrogens (tertiary/aromatic N) is 3. The molecule has 0 aliphatic carbocycles. The molecule has 202 valence electrons. The number of aromatic amines is 1. The lowest BCUT2D eigenvalue weighted by molar-refractivity contribution is 0.0593. The quantitative estimate of drug-likeness (QED) is 0.265. The standard InChI is InChI=1S/C29H29ClFN5O3/c1-18-6-7-21(39-13-10-19-8-11-38-12-9-19)15-22(18)23-16-26(32-17-24(23)30)34-29(37)28-33-27(35-36-28)14-20-4-2-3-5-25(20)31/h2-7,15-17,19H,8-14H2,1H3,(H,32,34,37)(H,33,35,36). The van der Waals surface area contributed by atoms with Crippen molar-refractivity contribution in [1.82, 2.24) is 20.2 Å². The number of carbonyl (C=O) groups is 1. The first-order valence-corrected chi connectivity index (χ1v) is 13.3. The molecule has 0 bridgehead atoms. The van der Waals surface area contributed by atoms with Crippen LogP contribution in [0.4, 0.5) is 10.2 Å². The first-order chi connectivity index (χ1) is 19.0. The zero-order valence-electron chi connectivity index (χ0n) is 21.5. The summed E-state index contributed by atoms with van der Waals surface area (Å²) in [5.41, 5.74) is 3.06. The average Bonchev–Trinajstić information content (AvgIpc) is 3.41. The molecule has 1 amide bonds. The van der Waals surface area contributed by atoms with Crippen molar-refractivity contribution in [3.05, 3.63) is 88.3 Å². The van der Waals surface area contributed by atoms with E-state index in [9.17, 15) is 9.18 Å². The van der Waals surface area contributed by atoms with Crippen molar-refractivity contribution in [2.45, 2.75) is 32.6 Å². The number of pyridine rings is 1. The van der Waals surface area contributed by atoms with Crippen LogP contribution in [0.1, 0.15) is 46.8 Å². The van der Waals surface area contributed by atoms with E-state index in [4.69, 9.17) is 21.1 Å². The number of hydrogen-bond donors (Lipinski definition) is 2. The summed E-state index contributed by atoms with van der Waals surface area (Å²) in [6, 6.07) is 14.0. The monoisotopic (exact) mass is 549 g/mol. The molecule has 39 heavy (non-hydrogen) atoms. The summed E-state index contributed by atoms with van der Waals surface area (Å²) in [4.78, 5) is 19.9. The number of halogens is 2. The number of rotatable bonds is 9. The number of anilines is 1. The maximum atomic E-state index is 14.0. The van der Waals surface area contributed by atoms with Crippen LogP contribution < -0.4 is 10.1 Å². The van der Waals surface area contributed by atoms with Crippen molar-refractivity contribution in [2.75, 3.05) is 25.1 Å². The summed E-state index contributed by atoms with van der Waals surface area (Å²) in [5.74, 6) is 1.19. The molecule has 10 heteroatoms. The third kappa shape index (κ3) is 6.79. The molecule has 0 unspecified atom stereocenters. The van der Waals surface area contributed by atoms with Crippen LogP contribution in [-0.2, 0) is 11.2 Å². The van der Waals surface area contributed by atoms with E-state index in [1.54, 1.807) is 24.3 Å². The Morgan fingerprint density at radius 2 is 1.97 bits per heavy atom. The van der Waals surface area contributed by atoms with E-state index >= 15 is 0 Å². The molecule has 0 saturated carbocycles. The Bertz CT molecular complexity index is 1450. The van der Waals surface area contributed by atoms with Gasteiger partial charge in [0.25, 0.3) is 5.91 Å². The second kappa shape index (κ2) is 12.4. The summed E-state index contributed by atoms with van der Waals surface area (Å²) in [7, 11) is 0. The lowest BCUT2D eigenvalue weighted by Gasteiger charge is -2.22. The van der Waals surface area contributed by atoms with Gasteiger partial charge in [0.1, 0.15) is 23.2 Å². The smallest absolute Gasteiger partial charge is 0.294 e. The highest BCUT2D eigenvalue weighted by Crippen LogP contribution is 2.34. The van der Waals surface area contributed by atoms with E-state index in [0.29, 0.717) is 40.3 Å². The Hall–Kier alpha value is -3.82. The van der Waals surface area contributed by atoms with Crippen molar-refractivity contribution in [3.8, 4) is 16.9 Å². The summed E-state index contributed by atoms with van der Waals surface area (Å²) >= 11 is 6.52. The molecule has 0 atom stereocenters. The van der Waals surface area contributed by atoms with Gasteiger partial charge in [-0.2, -0.15) is 0 Å². The maximum Gasteiger partial charge on any atom is 0.294 e. The zero-order chi connectivity index (χ0) is 27.2. The molecule has 2 aromatic heterocycles. The molecule has 4 aromatic rings. The minimum absolute atomic E-state index is 0.00394. The molecule has 0 spiro atoms. The van der Waals surface area contributed by atoms with Gasteiger partial charge in [0, 0.05) is 31.4 Å². The zero-order valence-corrected chi connectivity index (χ0v) is 22.3. The fourth-order valence-corrected chi connectivity index (χ4v) is 4.75. The van der Waals surface area contributed by atoms with Crippen LogP contribution in [0.25, 0.3) is 11.1 Å². The van der Waals surface area contributed by atoms with Gasteiger partial charge in [0.15, 0.2) is 0 Å². The molecule has 1 fully saturated rings. The third-order valence-corrected chi connectivity index (χ3v) is 7.10. The van der Waals surface area contributed by atoms with Gasteiger partial charge in [-0.15, -0.1) is 10.2 Å². The number of amides is 1. The number of carbonyl (C=O) groups excluding carboxylic acids is 1. The van der Waals surface area contributed by atoms with Crippen molar-refractivity contribution in [1.29, 1.82) is 0 Å². The second-order valence-corrected chi connectivity index (χ2v) is 9.97. The minimum atomic E-state index is -0.523. The number of H-pyrrole nitrogens is 1. The van der Waals surface area contributed by atoms with Gasteiger partial charge < -0.3 is 19.8 Å². The third-order valence-electron chi connectivity index (χ3n) is 6.80. The molecular weight excluding hydrogens is 521 g/mol. The van der Waals surface area contributed by atoms with Gasteiger partial charge in [-0.3, -0.25) is 4.79 Å². The Labute approximate surface area is 230 Å². The average molecular weight is 550 g/mol. The predicted molar refractivity (Wildman–Crippen MR) is 147 cm³/mol. The van der Waals surface area contributed by atoms with E-state index < -0.39 is 5.91 Å². The number of aromatic nitrogens is 4. The van der Waals surface area contributed by atoms with Crippen molar-refractivity contribution in [2.24, 2.45) is 5.92 Å². The molecule has 3 heterocycles. The van der Waals surface area contributed by atoms with Crippen LogP contribution in [0.5, 0.6) is 5.75 Å². The Morgan fingerprint density at radius 1 is 1.15 bits per heavy atom. The number of nitrogens with one attached hydrogen (secondary N) is 2. The lowest BCUT2D eigenvalue weighted by Crippen LogP contribution is -2.17. The van der Waals surface area contributed by atoms with Gasteiger partial charge in [-0.05, 0) is 73.1 Å². The summed E-state index contributed by atoms with van der Waals surface area (Å²) < 4.78 is 25.4. The largest absolute Gasteiger partial charge is 0.494 e. The molecule has 1 aliphatic heterocycles. The number of aryl methyl sites for hydroxylation is 1. The van der Waals surface area contributed by atoms with E-state index in [-0.39, 0.29) is 18.1 Å². The molecule has 0 radical (unpaired) electrons. The second-order valence-electron chi connectivity index (χ2n) is 9.56. The maximum absolute atomic E-state index is 14.0. The van der Waals surface area contributed by atoms with Crippen LogP contribution in [-0.4, -0.2) is 45.9 Å². The van der Waals surface area contributed by atoms with E-state index in [1.165, 1.54) is 12.3 Å².